The second kappa shape index (κ2) is 6.04. The molecule has 2 aromatic rings. The van der Waals surface area contributed by atoms with E-state index in [1.165, 1.54) is 10.9 Å². The minimum Gasteiger partial charge on any atom is -0.475 e. The lowest BCUT2D eigenvalue weighted by molar-refractivity contribution is 0.0655. The van der Waals surface area contributed by atoms with Crippen molar-refractivity contribution >= 4 is 17.3 Å². The van der Waals surface area contributed by atoms with Crippen molar-refractivity contribution in [1.29, 1.82) is 0 Å². The first kappa shape index (κ1) is 13.8. The van der Waals surface area contributed by atoms with Gasteiger partial charge in [-0.3, -0.25) is 4.90 Å². The molecule has 5 heteroatoms. The van der Waals surface area contributed by atoms with Gasteiger partial charge >= 0.3 is 5.97 Å². The zero-order valence-corrected chi connectivity index (χ0v) is 11.8. The summed E-state index contributed by atoms with van der Waals surface area (Å²) in [7, 11) is 0. The number of hydrogen-bond donors (Lipinski definition) is 1. The molecule has 1 unspecified atom stereocenters. The fourth-order valence-corrected chi connectivity index (χ4v) is 2.73. The molecule has 0 aliphatic carbocycles. The topological polar surface area (TPSA) is 53.7 Å². The molecule has 0 aliphatic rings. The van der Waals surface area contributed by atoms with Crippen molar-refractivity contribution in [2.75, 3.05) is 6.54 Å². The monoisotopic (exact) mass is 279 g/mol. The second-order valence-corrected chi connectivity index (χ2v) is 5.36. The van der Waals surface area contributed by atoms with Crippen molar-refractivity contribution in [3.05, 3.63) is 46.0 Å². The largest absolute Gasteiger partial charge is 0.475 e. The molecule has 102 valence electrons. The van der Waals surface area contributed by atoms with Gasteiger partial charge in [-0.2, -0.15) is 0 Å². The van der Waals surface area contributed by atoms with Crippen LogP contribution in [0.25, 0.3) is 0 Å². The Balaban J connectivity index is 2.10. The van der Waals surface area contributed by atoms with Crippen LogP contribution in [0.5, 0.6) is 0 Å². The van der Waals surface area contributed by atoms with Crippen LogP contribution in [0.3, 0.4) is 0 Å². The average Bonchev–Trinajstić information content (AvgIpc) is 3.06. The Morgan fingerprint density at radius 2 is 2.26 bits per heavy atom. The number of nitrogens with zero attached hydrogens (tertiary/aromatic N) is 1. The molecule has 19 heavy (non-hydrogen) atoms. The Morgan fingerprint density at radius 3 is 2.79 bits per heavy atom. The molecule has 0 aromatic carbocycles. The summed E-state index contributed by atoms with van der Waals surface area (Å²) in [5.74, 6) is -0.343. The molecule has 0 aliphatic heterocycles. The molecule has 2 heterocycles. The van der Waals surface area contributed by atoms with Gasteiger partial charge in [-0.1, -0.05) is 13.0 Å². The molecule has 0 saturated carbocycles. The third kappa shape index (κ3) is 3.24. The van der Waals surface area contributed by atoms with Gasteiger partial charge in [-0.25, -0.2) is 4.79 Å². The summed E-state index contributed by atoms with van der Waals surface area (Å²) in [4.78, 5) is 14.4. The molecule has 1 N–H and O–H groups in total. The zero-order valence-electron chi connectivity index (χ0n) is 11.0. The molecule has 0 fully saturated rings. The van der Waals surface area contributed by atoms with Crippen molar-refractivity contribution in [1.82, 2.24) is 4.90 Å². The SMILES string of the molecule is CCN(Cc1cccs1)C(C)c1ccc(C(=O)O)o1. The first-order valence-electron chi connectivity index (χ1n) is 6.21. The van der Waals surface area contributed by atoms with E-state index in [4.69, 9.17) is 9.52 Å². The Morgan fingerprint density at radius 1 is 1.47 bits per heavy atom. The molecule has 4 nitrogen and oxygen atoms in total. The maximum absolute atomic E-state index is 10.8. The lowest BCUT2D eigenvalue weighted by Crippen LogP contribution is -2.25. The fraction of sp³-hybridized carbons (Fsp3) is 0.357. The summed E-state index contributed by atoms with van der Waals surface area (Å²) in [6.45, 7) is 5.84. The molecule has 0 radical (unpaired) electrons. The highest BCUT2D eigenvalue weighted by atomic mass is 32.1. The lowest BCUT2D eigenvalue weighted by Gasteiger charge is -2.25. The highest BCUT2D eigenvalue weighted by Gasteiger charge is 2.19. The maximum atomic E-state index is 10.8. The number of thiophene rings is 1. The van der Waals surface area contributed by atoms with Gasteiger partial charge in [0.2, 0.25) is 5.76 Å². The molecular weight excluding hydrogens is 262 g/mol. The summed E-state index contributed by atoms with van der Waals surface area (Å²) in [6.07, 6.45) is 0. The number of carboxylic acid groups (broad SMARTS) is 1. The number of aromatic carboxylic acids is 1. The number of carbonyl (C=O) groups is 1. The van der Waals surface area contributed by atoms with Crippen LogP contribution in [0.1, 0.15) is 41.1 Å². The highest BCUT2D eigenvalue weighted by molar-refractivity contribution is 7.09. The smallest absolute Gasteiger partial charge is 0.371 e. The molecule has 0 spiro atoms. The van der Waals surface area contributed by atoms with Crippen LogP contribution >= 0.6 is 11.3 Å². The van der Waals surface area contributed by atoms with Crippen LogP contribution in [0, 0.1) is 0 Å². The Labute approximate surface area is 116 Å². The maximum Gasteiger partial charge on any atom is 0.371 e. The second-order valence-electron chi connectivity index (χ2n) is 4.33. The third-order valence-electron chi connectivity index (χ3n) is 3.14. The van der Waals surface area contributed by atoms with E-state index in [9.17, 15) is 4.79 Å². The van der Waals surface area contributed by atoms with Gasteiger partial charge in [0.25, 0.3) is 0 Å². The van der Waals surface area contributed by atoms with E-state index >= 15 is 0 Å². The summed E-state index contributed by atoms with van der Waals surface area (Å²) >= 11 is 1.72. The van der Waals surface area contributed by atoms with E-state index in [0.717, 1.165) is 13.1 Å². The summed E-state index contributed by atoms with van der Waals surface area (Å²) in [6, 6.07) is 7.44. The highest BCUT2D eigenvalue weighted by Crippen LogP contribution is 2.25. The Kier molecular flexibility index (Phi) is 4.39. The number of carboxylic acids is 1. The quantitative estimate of drug-likeness (QED) is 0.877. The first-order chi connectivity index (χ1) is 9.11. The molecule has 0 bridgehead atoms. The predicted octanol–water partition coefficient (Wildman–Crippen LogP) is 3.62. The fourth-order valence-electron chi connectivity index (χ4n) is 2.00. The molecule has 2 aromatic heterocycles. The van der Waals surface area contributed by atoms with Gasteiger partial charge in [-0.05, 0) is 37.0 Å². The summed E-state index contributed by atoms with van der Waals surface area (Å²) in [5, 5.41) is 10.9. The van der Waals surface area contributed by atoms with E-state index in [-0.39, 0.29) is 11.8 Å². The average molecular weight is 279 g/mol. The summed E-state index contributed by atoms with van der Waals surface area (Å²) in [5.41, 5.74) is 0. The van der Waals surface area contributed by atoms with Gasteiger partial charge in [0.1, 0.15) is 5.76 Å². The van der Waals surface area contributed by atoms with Gasteiger partial charge in [0, 0.05) is 11.4 Å². The number of hydrogen-bond acceptors (Lipinski definition) is 4. The van der Waals surface area contributed by atoms with Crippen molar-refractivity contribution < 1.29 is 14.3 Å². The van der Waals surface area contributed by atoms with Gasteiger partial charge in [-0.15, -0.1) is 11.3 Å². The zero-order chi connectivity index (χ0) is 13.8. The van der Waals surface area contributed by atoms with Gasteiger partial charge in [0.05, 0.1) is 6.04 Å². The van der Waals surface area contributed by atoms with Gasteiger partial charge < -0.3 is 9.52 Å². The normalized spacial score (nSPS) is 12.8. The minimum atomic E-state index is -1.03. The molecule has 1 atom stereocenters. The van der Waals surface area contributed by atoms with Crippen LogP contribution in [-0.2, 0) is 6.54 Å². The standard InChI is InChI=1S/C14H17NO3S/c1-3-15(9-11-5-4-8-19-11)10(2)12-6-7-13(18-12)14(16)17/h4-8,10H,3,9H2,1-2H3,(H,16,17). The van der Waals surface area contributed by atoms with Crippen LogP contribution in [0.15, 0.2) is 34.1 Å². The Hall–Kier alpha value is -1.59. The van der Waals surface area contributed by atoms with Crippen molar-refractivity contribution in [3.63, 3.8) is 0 Å². The van der Waals surface area contributed by atoms with E-state index in [0.29, 0.717) is 5.76 Å². The third-order valence-corrected chi connectivity index (χ3v) is 4.00. The summed E-state index contributed by atoms with van der Waals surface area (Å²) < 4.78 is 5.37. The Bertz CT molecular complexity index is 533. The number of rotatable bonds is 6. The van der Waals surface area contributed by atoms with Crippen LogP contribution in [0.4, 0.5) is 0 Å². The molecule has 0 amide bonds. The van der Waals surface area contributed by atoms with E-state index in [1.807, 2.05) is 13.0 Å². The van der Waals surface area contributed by atoms with Crippen LogP contribution < -0.4 is 0 Å². The molecule has 0 saturated heterocycles. The van der Waals surface area contributed by atoms with Crippen molar-refractivity contribution in [2.45, 2.75) is 26.4 Å². The van der Waals surface area contributed by atoms with E-state index in [2.05, 4.69) is 23.3 Å². The van der Waals surface area contributed by atoms with Gasteiger partial charge in [0.15, 0.2) is 0 Å². The minimum absolute atomic E-state index is 0.00553. The molecular formula is C14H17NO3S. The van der Waals surface area contributed by atoms with E-state index in [1.54, 1.807) is 17.4 Å². The van der Waals surface area contributed by atoms with Crippen LogP contribution in [-0.4, -0.2) is 22.5 Å². The van der Waals surface area contributed by atoms with Crippen LogP contribution in [0.2, 0.25) is 0 Å². The van der Waals surface area contributed by atoms with Crippen molar-refractivity contribution in [2.24, 2.45) is 0 Å². The predicted molar refractivity (Wildman–Crippen MR) is 74.5 cm³/mol. The first-order valence-corrected chi connectivity index (χ1v) is 7.09. The van der Waals surface area contributed by atoms with E-state index < -0.39 is 5.97 Å². The number of furan rings is 1. The molecule has 2 rings (SSSR count). The van der Waals surface area contributed by atoms with Crippen molar-refractivity contribution in [3.8, 4) is 0 Å². The lowest BCUT2D eigenvalue weighted by atomic mass is 10.2.